The molecule has 1 aromatic rings. The van der Waals surface area contributed by atoms with E-state index >= 15 is 0 Å². The first-order chi connectivity index (χ1) is 6.77. The van der Waals surface area contributed by atoms with Crippen molar-refractivity contribution in [3.63, 3.8) is 0 Å². The van der Waals surface area contributed by atoms with Crippen molar-refractivity contribution >= 4 is 11.6 Å². The number of nitrogens with one attached hydrogen (secondary N) is 2. The van der Waals surface area contributed by atoms with Crippen LogP contribution < -0.4 is 10.6 Å². The third kappa shape index (κ3) is 2.05. The average Bonchev–Trinajstić information content (AvgIpc) is 2.19. The molecule has 1 unspecified atom stereocenters. The van der Waals surface area contributed by atoms with Gasteiger partial charge in [-0.2, -0.15) is 0 Å². The molecule has 4 heteroatoms. The number of aryl methyl sites for hydroxylation is 1. The maximum absolute atomic E-state index is 6.16. The molecule has 0 spiro atoms. The summed E-state index contributed by atoms with van der Waals surface area (Å²) in [5.41, 5.74) is 2.05. The molecule has 2 heterocycles. The summed E-state index contributed by atoms with van der Waals surface area (Å²) in [5, 5.41) is 7.54. The summed E-state index contributed by atoms with van der Waals surface area (Å²) >= 11 is 6.16. The highest BCUT2D eigenvalue weighted by molar-refractivity contribution is 6.31. The van der Waals surface area contributed by atoms with Crippen molar-refractivity contribution in [2.24, 2.45) is 0 Å². The Kier molecular flexibility index (Phi) is 3.01. The predicted octanol–water partition coefficient (Wildman–Crippen LogP) is 1.28. The Morgan fingerprint density at radius 2 is 2.36 bits per heavy atom. The van der Waals surface area contributed by atoms with E-state index in [-0.39, 0.29) is 0 Å². The standard InChI is InChI=1S/C10H14ClN3/c1-7-4-9(11)8(5-14-7)10-6-12-2-3-13-10/h4-5,10,12-13H,2-3,6H2,1H3. The minimum absolute atomic E-state index is 0.296. The Bertz CT molecular complexity index is 321. The number of halogens is 1. The summed E-state index contributed by atoms with van der Waals surface area (Å²) in [5.74, 6) is 0. The van der Waals surface area contributed by atoms with E-state index in [9.17, 15) is 0 Å². The minimum atomic E-state index is 0.296. The van der Waals surface area contributed by atoms with Gasteiger partial charge in [-0.3, -0.25) is 4.98 Å². The fraction of sp³-hybridized carbons (Fsp3) is 0.500. The largest absolute Gasteiger partial charge is 0.314 e. The van der Waals surface area contributed by atoms with Crippen LogP contribution in [0.15, 0.2) is 12.3 Å². The SMILES string of the molecule is Cc1cc(Cl)c(C2CNCCN2)cn1. The fourth-order valence-electron chi connectivity index (χ4n) is 1.67. The summed E-state index contributed by atoms with van der Waals surface area (Å²) in [6, 6.07) is 2.21. The number of aromatic nitrogens is 1. The zero-order valence-electron chi connectivity index (χ0n) is 8.18. The van der Waals surface area contributed by atoms with E-state index in [0.29, 0.717) is 6.04 Å². The Labute approximate surface area is 88.9 Å². The number of piperazine rings is 1. The molecule has 1 aliphatic rings. The van der Waals surface area contributed by atoms with Gasteiger partial charge in [0.15, 0.2) is 0 Å². The number of hydrogen-bond acceptors (Lipinski definition) is 3. The van der Waals surface area contributed by atoms with Gasteiger partial charge < -0.3 is 10.6 Å². The van der Waals surface area contributed by atoms with Crippen LogP contribution in [0.3, 0.4) is 0 Å². The molecule has 14 heavy (non-hydrogen) atoms. The molecule has 1 aliphatic heterocycles. The molecular formula is C10H14ClN3. The van der Waals surface area contributed by atoms with E-state index in [0.717, 1.165) is 35.9 Å². The van der Waals surface area contributed by atoms with Gasteiger partial charge in [0.2, 0.25) is 0 Å². The summed E-state index contributed by atoms with van der Waals surface area (Å²) in [7, 11) is 0. The third-order valence-corrected chi connectivity index (χ3v) is 2.76. The summed E-state index contributed by atoms with van der Waals surface area (Å²) in [6.45, 7) is 4.87. The lowest BCUT2D eigenvalue weighted by Gasteiger charge is -2.25. The lowest BCUT2D eigenvalue weighted by molar-refractivity contribution is 0.429. The molecule has 1 saturated heterocycles. The normalized spacial score (nSPS) is 22.3. The first-order valence-electron chi connectivity index (χ1n) is 4.83. The smallest absolute Gasteiger partial charge is 0.0487 e. The second-order valence-corrected chi connectivity index (χ2v) is 3.97. The molecular weight excluding hydrogens is 198 g/mol. The minimum Gasteiger partial charge on any atom is -0.314 e. The molecule has 1 atom stereocenters. The van der Waals surface area contributed by atoms with E-state index in [1.165, 1.54) is 0 Å². The molecule has 1 fully saturated rings. The molecule has 0 bridgehead atoms. The van der Waals surface area contributed by atoms with Crippen molar-refractivity contribution in [2.75, 3.05) is 19.6 Å². The quantitative estimate of drug-likeness (QED) is 0.735. The van der Waals surface area contributed by atoms with Crippen molar-refractivity contribution in [3.05, 3.63) is 28.5 Å². The van der Waals surface area contributed by atoms with Crippen molar-refractivity contribution < 1.29 is 0 Å². The molecule has 2 rings (SSSR count). The average molecular weight is 212 g/mol. The topological polar surface area (TPSA) is 37.0 Å². The van der Waals surface area contributed by atoms with Gasteiger partial charge in [0, 0.05) is 48.2 Å². The van der Waals surface area contributed by atoms with Crippen LogP contribution in [-0.2, 0) is 0 Å². The molecule has 0 saturated carbocycles. The van der Waals surface area contributed by atoms with Gasteiger partial charge in [0.05, 0.1) is 0 Å². The Morgan fingerprint density at radius 3 is 3.00 bits per heavy atom. The molecule has 76 valence electrons. The van der Waals surface area contributed by atoms with Crippen LogP contribution in [0.25, 0.3) is 0 Å². The highest BCUT2D eigenvalue weighted by Gasteiger charge is 2.17. The molecule has 0 amide bonds. The van der Waals surface area contributed by atoms with Crippen molar-refractivity contribution in [2.45, 2.75) is 13.0 Å². The second kappa shape index (κ2) is 4.26. The van der Waals surface area contributed by atoms with Crippen LogP contribution in [-0.4, -0.2) is 24.6 Å². The Morgan fingerprint density at radius 1 is 1.50 bits per heavy atom. The van der Waals surface area contributed by atoms with Gasteiger partial charge >= 0.3 is 0 Å². The summed E-state index contributed by atoms with van der Waals surface area (Å²) < 4.78 is 0. The second-order valence-electron chi connectivity index (χ2n) is 3.56. The van der Waals surface area contributed by atoms with Crippen molar-refractivity contribution in [1.29, 1.82) is 0 Å². The molecule has 3 nitrogen and oxygen atoms in total. The van der Waals surface area contributed by atoms with E-state index in [4.69, 9.17) is 11.6 Å². The number of rotatable bonds is 1. The monoisotopic (exact) mass is 211 g/mol. The van der Waals surface area contributed by atoms with Crippen LogP contribution in [0.1, 0.15) is 17.3 Å². The number of nitrogens with zero attached hydrogens (tertiary/aromatic N) is 1. The van der Waals surface area contributed by atoms with E-state index in [1.54, 1.807) is 0 Å². The van der Waals surface area contributed by atoms with Crippen LogP contribution >= 0.6 is 11.6 Å². The molecule has 2 N–H and O–H groups in total. The van der Waals surface area contributed by atoms with Gasteiger partial charge in [-0.05, 0) is 13.0 Å². The lowest BCUT2D eigenvalue weighted by atomic mass is 10.1. The highest BCUT2D eigenvalue weighted by Crippen LogP contribution is 2.22. The molecule has 0 aliphatic carbocycles. The Balaban J connectivity index is 2.22. The molecule has 0 aromatic carbocycles. The zero-order valence-corrected chi connectivity index (χ0v) is 8.93. The van der Waals surface area contributed by atoms with E-state index in [2.05, 4.69) is 15.6 Å². The van der Waals surface area contributed by atoms with Crippen LogP contribution in [0, 0.1) is 6.92 Å². The first-order valence-corrected chi connectivity index (χ1v) is 5.21. The zero-order chi connectivity index (χ0) is 9.97. The predicted molar refractivity (Wildman–Crippen MR) is 57.6 cm³/mol. The lowest BCUT2D eigenvalue weighted by Crippen LogP contribution is -2.42. The van der Waals surface area contributed by atoms with Crippen LogP contribution in [0.2, 0.25) is 5.02 Å². The number of hydrogen-bond donors (Lipinski definition) is 2. The van der Waals surface area contributed by atoms with Gasteiger partial charge in [-0.15, -0.1) is 0 Å². The van der Waals surface area contributed by atoms with E-state index in [1.807, 2.05) is 19.2 Å². The summed E-state index contributed by atoms with van der Waals surface area (Å²) in [4.78, 5) is 4.26. The molecule has 0 radical (unpaired) electrons. The van der Waals surface area contributed by atoms with Gasteiger partial charge in [0.25, 0.3) is 0 Å². The van der Waals surface area contributed by atoms with Crippen molar-refractivity contribution in [3.8, 4) is 0 Å². The van der Waals surface area contributed by atoms with E-state index < -0.39 is 0 Å². The van der Waals surface area contributed by atoms with Crippen molar-refractivity contribution in [1.82, 2.24) is 15.6 Å². The van der Waals surface area contributed by atoms with Gasteiger partial charge in [-0.25, -0.2) is 0 Å². The fourth-order valence-corrected chi connectivity index (χ4v) is 2.01. The highest BCUT2D eigenvalue weighted by atomic mass is 35.5. The number of pyridine rings is 1. The first kappa shape index (κ1) is 9.90. The molecule has 1 aromatic heterocycles. The van der Waals surface area contributed by atoms with Gasteiger partial charge in [-0.1, -0.05) is 11.6 Å². The summed E-state index contributed by atoms with van der Waals surface area (Å²) in [6.07, 6.45) is 1.86. The van der Waals surface area contributed by atoms with Crippen LogP contribution in [0.4, 0.5) is 0 Å². The van der Waals surface area contributed by atoms with Crippen LogP contribution in [0.5, 0.6) is 0 Å². The maximum Gasteiger partial charge on any atom is 0.0487 e. The Hall–Kier alpha value is -0.640. The van der Waals surface area contributed by atoms with Gasteiger partial charge in [0.1, 0.15) is 0 Å². The third-order valence-electron chi connectivity index (χ3n) is 2.44. The maximum atomic E-state index is 6.16.